The number of ether oxygens (including phenoxy) is 1. The van der Waals surface area contributed by atoms with Gasteiger partial charge in [0.2, 0.25) is 5.88 Å². The van der Waals surface area contributed by atoms with E-state index < -0.39 is 0 Å². The fraction of sp³-hybridized carbons (Fsp3) is 0.600. The molecular weight excluding hydrogens is 238 g/mol. The summed E-state index contributed by atoms with van der Waals surface area (Å²) in [4.78, 5) is 4.58. The highest BCUT2D eigenvalue weighted by atomic mass is 16.5. The molecule has 1 heterocycles. The number of pyridine rings is 1. The lowest BCUT2D eigenvalue weighted by atomic mass is 9.95. The van der Waals surface area contributed by atoms with Crippen molar-refractivity contribution >= 4 is 0 Å². The maximum atomic E-state index is 9.26. The van der Waals surface area contributed by atoms with Gasteiger partial charge in [0.15, 0.2) is 0 Å². The minimum atomic E-state index is 0.0150. The zero-order chi connectivity index (χ0) is 13.2. The van der Waals surface area contributed by atoms with Crippen molar-refractivity contribution in [2.75, 3.05) is 0 Å². The highest BCUT2D eigenvalue weighted by Crippen LogP contribution is 2.28. The van der Waals surface area contributed by atoms with Crippen molar-refractivity contribution in [3.8, 4) is 11.9 Å². The van der Waals surface area contributed by atoms with E-state index >= 15 is 0 Å². The molecule has 1 aromatic rings. The van der Waals surface area contributed by atoms with Crippen LogP contribution in [0.15, 0.2) is 6.07 Å². The van der Waals surface area contributed by atoms with E-state index in [-0.39, 0.29) is 12.1 Å². The molecule has 4 heteroatoms. The second-order valence-electron chi connectivity index (χ2n) is 5.52. The molecule has 2 aliphatic carbocycles. The third-order valence-electron chi connectivity index (χ3n) is 4.15. The number of fused-ring (bicyclic) bond motifs is 1. The number of aryl methyl sites for hydroxylation is 2. The monoisotopic (exact) mass is 257 g/mol. The van der Waals surface area contributed by atoms with Gasteiger partial charge >= 0.3 is 0 Å². The summed E-state index contributed by atoms with van der Waals surface area (Å²) in [6.07, 6.45) is 7.46. The summed E-state index contributed by atoms with van der Waals surface area (Å²) >= 11 is 0. The van der Waals surface area contributed by atoms with Crippen molar-refractivity contribution in [1.82, 2.24) is 4.98 Å². The third-order valence-corrected chi connectivity index (χ3v) is 4.15. The lowest BCUT2D eigenvalue weighted by molar-refractivity contribution is 0.182. The minimum Gasteiger partial charge on any atom is -0.472 e. The molecule has 0 radical (unpaired) electrons. The first-order valence-electron chi connectivity index (χ1n) is 7.13. The maximum absolute atomic E-state index is 9.26. The van der Waals surface area contributed by atoms with Crippen LogP contribution in [-0.2, 0) is 12.8 Å². The van der Waals surface area contributed by atoms with Crippen LogP contribution in [0.25, 0.3) is 0 Å². The Hall–Kier alpha value is -1.60. The van der Waals surface area contributed by atoms with Crippen molar-refractivity contribution in [2.24, 2.45) is 5.73 Å². The molecule has 1 fully saturated rings. The van der Waals surface area contributed by atoms with E-state index in [1.807, 2.05) is 6.07 Å². The van der Waals surface area contributed by atoms with Gasteiger partial charge in [-0.25, -0.2) is 4.98 Å². The molecule has 2 unspecified atom stereocenters. The number of hydrogen-bond donors (Lipinski definition) is 1. The van der Waals surface area contributed by atoms with Gasteiger partial charge in [-0.15, -0.1) is 0 Å². The molecule has 2 atom stereocenters. The Balaban J connectivity index is 1.89. The Morgan fingerprint density at radius 3 is 2.84 bits per heavy atom. The van der Waals surface area contributed by atoms with Crippen LogP contribution in [0.4, 0.5) is 0 Å². The quantitative estimate of drug-likeness (QED) is 0.880. The normalized spacial score (nSPS) is 25.7. The molecule has 100 valence electrons. The van der Waals surface area contributed by atoms with E-state index in [2.05, 4.69) is 11.1 Å². The van der Waals surface area contributed by atoms with E-state index in [1.165, 1.54) is 18.4 Å². The van der Waals surface area contributed by atoms with Crippen molar-refractivity contribution in [1.29, 1.82) is 5.26 Å². The number of nitrogens with two attached hydrogens (primary N) is 1. The molecule has 0 saturated heterocycles. The first kappa shape index (κ1) is 12.4. The van der Waals surface area contributed by atoms with Gasteiger partial charge in [-0.2, -0.15) is 5.26 Å². The first-order chi connectivity index (χ1) is 9.28. The summed E-state index contributed by atoms with van der Waals surface area (Å²) in [6.45, 7) is 0. The number of nitriles is 1. The van der Waals surface area contributed by atoms with E-state index in [0.29, 0.717) is 11.4 Å². The Bertz CT molecular complexity index is 521. The van der Waals surface area contributed by atoms with Crippen molar-refractivity contribution < 1.29 is 4.74 Å². The van der Waals surface area contributed by atoms with Gasteiger partial charge in [-0.3, -0.25) is 0 Å². The lowest BCUT2D eigenvalue weighted by Crippen LogP contribution is -2.34. The van der Waals surface area contributed by atoms with Crippen LogP contribution in [0, 0.1) is 11.3 Å². The first-order valence-corrected chi connectivity index (χ1v) is 7.13. The van der Waals surface area contributed by atoms with Gasteiger partial charge in [0.25, 0.3) is 0 Å². The Kier molecular flexibility index (Phi) is 3.39. The number of nitrogens with zero attached hydrogens (tertiary/aromatic N) is 2. The van der Waals surface area contributed by atoms with Crippen LogP contribution in [0.5, 0.6) is 5.88 Å². The Morgan fingerprint density at radius 1 is 1.26 bits per heavy atom. The summed E-state index contributed by atoms with van der Waals surface area (Å²) < 4.78 is 5.92. The molecule has 19 heavy (non-hydrogen) atoms. The smallest absolute Gasteiger partial charge is 0.232 e. The average Bonchev–Trinajstić information content (AvgIpc) is 2.83. The second-order valence-corrected chi connectivity index (χ2v) is 5.52. The molecule has 0 aliphatic heterocycles. The van der Waals surface area contributed by atoms with Gasteiger partial charge in [-0.1, -0.05) is 0 Å². The molecule has 1 aromatic heterocycles. The third kappa shape index (κ3) is 2.43. The van der Waals surface area contributed by atoms with Gasteiger partial charge in [-0.05, 0) is 56.6 Å². The van der Waals surface area contributed by atoms with E-state index in [4.69, 9.17) is 10.5 Å². The standard InChI is InChI=1S/C15H19N3O/c16-9-11-8-10-4-1-2-6-13(10)18-15(11)19-14-7-3-5-12(14)17/h8,12,14H,1-7,17H2. The Morgan fingerprint density at radius 2 is 2.11 bits per heavy atom. The van der Waals surface area contributed by atoms with Gasteiger partial charge in [0.05, 0.1) is 0 Å². The molecule has 1 saturated carbocycles. The number of hydrogen-bond acceptors (Lipinski definition) is 4. The summed E-state index contributed by atoms with van der Waals surface area (Å²) in [7, 11) is 0. The number of rotatable bonds is 2. The second kappa shape index (κ2) is 5.18. The largest absolute Gasteiger partial charge is 0.472 e. The molecule has 2 N–H and O–H groups in total. The summed E-state index contributed by atoms with van der Waals surface area (Å²) in [5.41, 5.74) is 8.89. The van der Waals surface area contributed by atoms with E-state index in [0.717, 1.165) is 37.8 Å². The molecule has 0 aromatic carbocycles. The fourth-order valence-corrected chi connectivity index (χ4v) is 3.03. The predicted molar refractivity (Wildman–Crippen MR) is 71.8 cm³/mol. The molecule has 3 rings (SSSR count). The van der Waals surface area contributed by atoms with Crippen molar-refractivity contribution in [2.45, 2.75) is 57.1 Å². The average molecular weight is 257 g/mol. The van der Waals surface area contributed by atoms with Crippen LogP contribution >= 0.6 is 0 Å². The van der Waals surface area contributed by atoms with E-state index in [1.54, 1.807) is 0 Å². The zero-order valence-corrected chi connectivity index (χ0v) is 11.1. The lowest BCUT2D eigenvalue weighted by Gasteiger charge is -2.21. The van der Waals surface area contributed by atoms with Crippen LogP contribution in [0.1, 0.15) is 48.9 Å². The molecule has 0 spiro atoms. The van der Waals surface area contributed by atoms with Gasteiger partial charge in [0, 0.05) is 11.7 Å². The predicted octanol–water partition coefficient (Wildman–Crippen LogP) is 2.09. The van der Waals surface area contributed by atoms with Gasteiger partial charge in [0.1, 0.15) is 17.7 Å². The molecule has 0 bridgehead atoms. The topological polar surface area (TPSA) is 71.9 Å². The summed E-state index contributed by atoms with van der Waals surface area (Å²) in [5.74, 6) is 0.491. The van der Waals surface area contributed by atoms with Crippen molar-refractivity contribution in [3.63, 3.8) is 0 Å². The minimum absolute atomic E-state index is 0.0150. The highest BCUT2D eigenvalue weighted by molar-refractivity contribution is 5.43. The van der Waals surface area contributed by atoms with Crippen LogP contribution in [-0.4, -0.2) is 17.1 Å². The van der Waals surface area contributed by atoms with Crippen LogP contribution in [0.2, 0.25) is 0 Å². The molecule has 4 nitrogen and oxygen atoms in total. The zero-order valence-electron chi connectivity index (χ0n) is 11.1. The summed E-state index contributed by atoms with van der Waals surface area (Å²) in [5, 5.41) is 9.26. The Labute approximate surface area is 113 Å². The summed E-state index contributed by atoms with van der Waals surface area (Å²) in [6, 6.07) is 4.24. The highest BCUT2D eigenvalue weighted by Gasteiger charge is 2.27. The van der Waals surface area contributed by atoms with Gasteiger partial charge < -0.3 is 10.5 Å². The maximum Gasteiger partial charge on any atom is 0.232 e. The molecule has 2 aliphatic rings. The van der Waals surface area contributed by atoms with Crippen LogP contribution < -0.4 is 10.5 Å². The van der Waals surface area contributed by atoms with Crippen LogP contribution in [0.3, 0.4) is 0 Å². The molecular formula is C15H19N3O. The van der Waals surface area contributed by atoms with Crippen molar-refractivity contribution in [3.05, 3.63) is 22.9 Å². The SMILES string of the molecule is N#Cc1cc2c(nc1OC1CCCC1N)CCCC2. The number of aromatic nitrogens is 1. The fourth-order valence-electron chi connectivity index (χ4n) is 3.03. The van der Waals surface area contributed by atoms with E-state index in [9.17, 15) is 5.26 Å². The molecule has 0 amide bonds.